The molecule has 90 valence electrons. The summed E-state index contributed by atoms with van der Waals surface area (Å²) >= 11 is 0. The molecule has 2 aromatic rings. The fourth-order valence-corrected chi connectivity index (χ4v) is 1.97. The lowest BCUT2D eigenvalue weighted by molar-refractivity contribution is 0.912. The number of anilines is 2. The van der Waals surface area contributed by atoms with Crippen molar-refractivity contribution in [1.82, 2.24) is 0 Å². The fourth-order valence-electron chi connectivity index (χ4n) is 1.97. The third kappa shape index (κ3) is 2.07. The van der Waals surface area contributed by atoms with Crippen molar-refractivity contribution < 1.29 is 0 Å². The highest BCUT2D eigenvalue weighted by atomic mass is 15.6. The molecular weight excluding hydrogens is 222 g/mol. The zero-order valence-electron chi connectivity index (χ0n) is 10.3. The van der Waals surface area contributed by atoms with E-state index in [9.17, 15) is 0 Å². The average molecular weight is 237 g/mol. The van der Waals surface area contributed by atoms with Gasteiger partial charge in [-0.25, -0.2) is 5.01 Å². The van der Waals surface area contributed by atoms with Crippen molar-refractivity contribution in [3.05, 3.63) is 60.2 Å². The van der Waals surface area contributed by atoms with Crippen LogP contribution in [-0.2, 0) is 0 Å². The van der Waals surface area contributed by atoms with Crippen LogP contribution in [0.1, 0.15) is 5.56 Å². The van der Waals surface area contributed by atoms with Crippen LogP contribution < -0.4 is 9.91 Å². The second-order valence-electron chi connectivity index (χ2n) is 4.41. The third-order valence-corrected chi connectivity index (χ3v) is 3.04. The summed E-state index contributed by atoms with van der Waals surface area (Å²) in [6, 6.07) is 18.7. The number of aryl methyl sites for hydroxylation is 1. The number of hydrogen-bond donors (Lipinski definition) is 0. The first-order chi connectivity index (χ1) is 8.83. The van der Waals surface area contributed by atoms with Crippen molar-refractivity contribution in [1.29, 1.82) is 0 Å². The van der Waals surface area contributed by atoms with Gasteiger partial charge in [0.1, 0.15) is 13.0 Å². The number of para-hydroxylation sites is 1. The average Bonchev–Trinajstić information content (AvgIpc) is 2.90. The Labute approximate surface area is 107 Å². The molecule has 0 fully saturated rings. The van der Waals surface area contributed by atoms with E-state index in [0.29, 0.717) is 0 Å². The molecular formula is C15H15N3. The van der Waals surface area contributed by atoms with Crippen molar-refractivity contribution in [3.8, 4) is 0 Å². The summed E-state index contributed by atoms with van der Waals surface area (Å²) in [7, 11) is 0. The molecule has 0 radical (unpaired) electrons. The number of hydrogen-bond acceptors (Lipinski definition) is 3. The summed E-state index contributed by atoms with van der Waals surface area (Å²) in [4.78, 5) is 2.12. The Balaban J connectivity index is 1.77. The molecule has 3 heteroatoms. The fraction of sp³-hybridized carbons (Fsp3) is 0.133. The molecule has 0 N–H and O–H groups in total. The molecule has 3 nitrogen and oxygen atoms in total. The topological polar surface area (TPSA) is 18.8 Å². The Kier molecular flexibility index (Phi) is 2.73. The highest BCUT2D eigenvalue weighted by molar-refractivity contribution is 5.83. The van der Waals surface area contributed by atoms with Gasteiger partial charge in [-0.15, -0.1) is 0 Å². The highest BCUT2D eigenvalue weighted by Crippen LogP contribution is 2.21. The molecule has 2 aromatic carbocycles. The normalized spacial score (nSPS) is 14.3. The van der Waals surface area contributed by atoms with E-state index in [1.54, 1.807) is 0 Å². The van der Waals surface area contributed by atoms with Crippen molar-refractivity contribution in [3.63, 3.8) is 0 Å². The first-order valence-corrected chi connectivity index (χ1v) is 6.03. The molecule has 1 aliphatic rings. The van der Waals surface area contributed by atoms with Crippen molar-refractivity contribution in [2.24, 2.45) is 5.10 Å². The van der Waals surface area contributed by atoms with Gasteiger partial charge in [0.15, 0.2) is 0 Å². The van der Waals surface area contributed by atoms with Crippen molar-refractivity contribution >= 4 is 17.7 Å². The van der Waals surface area contributed by atoms with Crippen LogP contribution in [0.5, 0.6) is 0 Å². The van der Waals surface area contributed by atoms with Gasteiger partial charge in [-0.1, -0.05) is 35.9 Å². The molecule has 0 unspecified atom stereocenters. The van der Waals surface area contributed by atoms with Crippen LogP contribution in [0, 0.1) is 6.92 Å². The number of hydrazone groups is 1. The van der Waals surface area contributed by atoms with Gasteiger partial charge in [0.05, 0.1) is 5.69 Å². The van der Waals surface area contributed by atoms with Gasteiger partial charge in [-0.2, -0.15) is 5.10 Å². The van der Waals surface area contributed by atoms with E-state index < -0.39 is 0 Å². The number of rotatable bonds is 2. The van der Waals surface area contributed by atoms with Crippen LogP contribution in [0.15, 0.2) is 59.7 Å². The van der Waals surface area contributed by atoms with Crippen LogP contribution in [-0.4, -0.2) is 13.0 Å². The van der Waals surface area contributed by atoms with Gasteiger partial charge in [-0.3, -0.25) is 0 Å². The van der Waals surface area contributed by atoms with E-state index in [1.807, 2.05) is 29.5 Å². The highest BCUT2D eigenvalue weighted by Gasteiger charge is 2.16. The summed E-state index contributed by atoms with van der Waals surface area (Å²) < 4.78 is 0. The van der Waals surface area contributed by atoms with Gasteiger partial charge in [-0.05, 0) is 31.2 Å². The minimum atomic E-state index is 0.757. The molecule has 0 saturated heterocycles. The number of nitrogens with zero attached hydrogens (tertiary/aromatic N) is 3. The molecule has 0 atom stereocenters. The zero-order chi connectivity index (χ0) is 12.4. The molecule has 0 aliphatic carbocycles. The molecule has 1 aliphatic heterocycles. The first kappa shape index (κ1) is 10.8. The maximum Gasteiger partial charge on any atom is 0.118 e. The molecule has 3 rings (SSSR count). The predicted molar refractivity (Wildman–Crippen MR) is 75.9 cm³/mol. The molecule has 18 heavy (non-hydrogen) atoms. The second-order valence-corrected chi connectivity index (χ2v) is 4.41. The lowest BCUT2D eigenvalue weighted by atomic mass is 10.2. The minimum Gasteiger partial charge on any atom is -0.311 e. The monoisotopic (exact) mass is 237 g/mol. The summed E-state index contributed by atoms with van der Waals surface area (Å²) in [5.74, 6) is 0. The van der Waals surface area contributed by atoms with E-state index >= 15 is 0 Å². The number of benzene rings is 2. The Morgan fingerprint density at radius 3 is 2.33 bits per heavy atom. The summed E-state index contributed by atoms with van der Waals surface area (Å²) in [6.07, 6.45) is 1.87. The Hall–Kier alpha value is -2.29. The van der Waals surface area contributed by atoms with Crippen LogP contribution in [0.3, 0.4) is 0 Å². The maximum atomic E-state index is 4.43. The lowest BCUT2D eigenvalue weighted by Crippen LogP contribution is -2.25. The van der Waals surface area contributed by atoms with Gasteiger partial charge in [0.25, 0.3) is 0 Å². The van der Waals surface area contributed by atoms with Crippen molar-refractivity contribution in [2.45, 2.75) is 6.92 Å². The molecule has 0 amide bonds. The van der Waals surface area contributed by atoms with Gasteiger partial charge < -0.3 is 4.90 Å². The van der Waals surface area contributed by atoms with Crippen LogP contribution in [0.2, 0.25) is 0 Å². The summed E-state index contributed by atoms with van der Waals surface area (Å²) in [6.45, 7) is 2.85. The Morgan fingerprint density at radius 2 is 1.61 bits per heavy atom. The Morgan fingerprint density at radius 1 is 0.889 bits per heavy atom. The van der Waals surface area contributed by atoms with E-state index in [4.69, 9.17) is 0 Å². The van der Waals surface area contributed by atoms with E-state index in [1.165, 1.54) is 5.56 Å². The largest absolute Gasteiger partial charge is 0.311 e. The van der Waals surface area contributed by atoms with Crippen LogP contribution >= 0.6 is 0 Å². The van der Waals surface area contributed by atoms with Gasteiger partial charge >= 0.3 is 0 Å². The lowest BCUT2D eigenvalue weighted by Gasteiger charge is -2.19. The molecule has 0 bridgehead atoms. The molecule has 0 aromatic heterocycles. The SMILES string of the molecule is Cc1ccc(N2CN(c3ccccc3)C=N2)cc1. The zero-order valence-corrected chi connectivity index (χ0v) is 10.3. The summed E-state index contributed by atoms with van der Waals surface area (Å²) in [5.41, 5.74) is 3.55. The van der Waals surface area contributed by atoms with Gasteiger partial charge in [0.2, 0.25) is 0 Å². The van der Waals surface area contributed by atoms with E-state index in [2.05, 4.69) is 53.3 Å². The molecule has 0 spiro atoms. The minimum absolute atomic E-state index is 0.757. The maximum absolute atomic E-state index is 4.43. The van der Waals surface area contributed by atoms with Crippen LogP contribution in [0.4, 0.5) is 11.4 Å². The van der Waals surface area contributed by atoms with E-state index in [0.717, 1.165) is 18.0 Å². The van der Waals surface area contributed by atoms with Crippen molar-refractivity contribution in [2.75, 3.05) is 16.6 Å². The smallest absolute Gasteiger partial charge is 0.118 e. The first-order valence-electron chi connectivity index (χ1n) is 6.03. The standard InChI is InChI=1S/C15H15N3/c1-13-7-9-15(10-8-13)18-12-17(11-16-18)14-5-3-2-4-6-14/h2-11H,12H2,1H3. The van der Waals surface area contributed by atoms with Gasteiger partial charge in [0, 0.05) is 5.69 Å². The molecule has 0 saturated carbocycles. The third-order valence-electron chi connectivity index (χ3n) is 3.04. The quantitative estimate of drug-likeness (QED) is 0.798. The van der Waals surface area contributed by atoms with Crippen LogP contribution in [0.25, 0.3) is 0 Å². The molecule has 1 heterocycles. The Bertz CT molecular complexity index is 546. The second kappa shape index (κ2) is 4.53. The van der Waals surface area contributed by atoms with E-state index in [-0.39, 0.29) is 0 Å². The predicted octanol–water partition coefficient (Wildman–Crippen LogP) is 3.22. The summed E-state index contributed by atoms with van der Waals surface area (Å²) in [5, 5.41) is 6.42.